The van der Waals surface area contributed by atoms with E-state index in [4.69, 9.17) is 4.74 Å². The number of aryl methyl sites for hydroxylation is 1. The number of amides is 1. The van der Waals surface area contributed by atoms with E-state index >= 15 is 0 Å². The minimum absolute atomic E-state index is 0.157. The average molecular weight is 315 g/mol. The van der Waals surface area contributed by atoms with E-state index in [1.165, 1.54) is 0 Å². The van der Waals surface area contributed by atoms with Gasteiger partial charge in [-0.1, -0.05) is 0 Å². The molecule has 0 spiro atoms. The van der Waals surface area contributed by atoms with Gasteiger partial charge in [0.2, 0.25) is 0 Å². The zero-order chi connectivity index (χ0) is 16.2. The van der Waals surface area contributed by atoms with E-state index in [0.717, 1.165) is 42.1 Å². The second kappa shape index (κ2) is 6.78. The molecule has 3 heterocycles. The number of H-pyrrole nitrogens is 1. The predicted molar refractivity (Wildman–Crippen MR) is 85.4 cm³/mol. The number of aromatic nitrogens is 3. The highest BCUT2D eigenvalue weighted by Crippen LogP contribution is 2.20. The van der Waals surface area contributed by atoms with E-state index in [9.17, 15) is 4.79 Å². The fourth-order valence-corrected chi connectivity index (χ4v) is 2.53. The molecule has 1 saturated heterocycles. The molecule has 122 valence electrons. The van der Waals surface area contributed by atoms with Crippen LogP contribution in [0.25, 0.3) is 0 Å². The first-order chi connectivity index (χ1) is 11.1. The molecule has 2 aromatic rings. The van der Waals surface area contributed by atoms with Gasteiger partial charge in [0.1, 0.15) is 11.9 Å². The summed E-state index contributed by atoms with van der Waals surface area (Å²) in [7, 11) is 0. The molecule has 3 rings (SSSR count). The maximum absolute atomic E-state index is 12.2. The van der Waals surface area contributed by atoms with E-state index < -0.39 is 0 Å². The van der Waals surface area contributed by atoms with Gasteiger partial charge < -0.3 is 15.4 Å². The molecular formula is C16H21N5O2. The van der Waals surface area contributed by atoms with Gasteiger partial charge in [-0.3, -0.25) is 14.9 Å². The van der Waals surface area contributed by atoms with Crippen LogP contribution in [0.3, 0.4) is 0 Å². The number of aromatic amines is 1. The van der Waals surface area contributed by atoms with Crippen LogP contribution in [0.4, 0.5) is 0 Å². The lowest BCUT2D eigenvalue weighted by atomic mass is 10.2. The largest absolute Gasteiger partial charge is 0.487 e. The molecule has 3 N–H and O–H groups in total. The summed E-state index contributed by atoms with van der Waals surface area (Å²) in [6.45, 7) is 5.95. The first-order valence-electron chi connectivity index (χ1n) is 7.75. The van der Waals surface area contributed by atoms with Crippen molar-refractivity contribution in [2.45, 2.75) is 32.9 Å². The molecule has 2 aromatic heterocycles. The van der Waals surface area contributed by atoms with Crippen molar-refractivity contribution in [3.63, 3.8) is 0 Å². The Kier molecular flexibility index (Phi) is 4.57. The van der Waals surface area contributed by atoms with Gasteiger partial charge >= 0.3 is 0 Å². The SMILES string of the molecule is Cc1[nH]nc(C(=O)NCc2ccncc2O[C@H]2CCNC2)c1C. The third kappa shape index (κ3) is 3.50. The fraction of sp³-hybridized carbons (Fsp3) is 0.438. The van der Waals surface area contributed by atoms with Gasteiger partial charge in [-0.05, 0) is 32.9 Å². The molecule has 0 saturated carbocycles. The molecule has 1 aliphatic rings. The summed E-state index contributed by atoms with van der Waals surface area (Å²) in [5.74, 6) is 0.522. The standard InChI is InChI=1S/C16H21N5O2/c1-10-11(2)20-21-15(10)16(22)19-7-12-3-5-18-9-14(12)23-13-4-6-17-8-13/h3,5,9,13,17H,4,6-8H2,1-2H3,(H,19,22)(H,20,21)/t13-/m0/s1. The third-order valence-corrected chi connectivity index (χ3v) is 4.09. The molecule has 1 aliphatic heterocycles. The van der Waals surface area contributed by atoms with Crippen LogP contribution >= 0.6 is 0 Å². The summed E-state index contributed by atoms with van der Waals surface area (Å²) >= 11 is 0. The summed E-state index contributed by atoms with van der Waals surface area (Å²) in [4.78, 5) is 16.4. The molecule has 0 unspecified atom stereocenters. The molecule has 0 aliphatic carbocycles. The Hall–Kier alpha value is -2.41. The number of nitrogens with one attached hydrogen (secondary N) is 3. The van der Waals surface area contributed by atoms with Crippen molar-refractivity contribution in [3.05, 3.63) is 41.0 Å². The lowest BCUT2D eigenvalue weighted by Crippen LogP contribution is -2.25. The fourth-order valence-electron chi connectivity index (χ4n) is 2.53. The van der Waals surface area contributed by atoms with Crippen molar-refractivity contribution >= 4 is 5.91 Å². The monoisotopic (exact) mass is 315 g/mol. The quantitative estimate of drug-likeness (QED) is 0.768. The molecule has 0 bridgehead atoms. The zero-order valence-corrected chi connectivity index (χ0v) is 13.3. The van der Waals surface area contributed by atoms with Crippen molar-refractivity contribution in [3.8, 4) is 5.75 Å². The summed E-state index contributed by atoms with van der Waals surface area (Å²) in [6, 6.07) is 1.86. The van der Waals surface area contributed by atoms with Crippen LogP contribution in [0.15, 0.2) is 18.5 Å². The van der Waals surface area contributed by atoms with Crippen LogP contribution in [-0.4, -0.2) is 40.3 Å². The Morgan fingerprint density at radius 1 is 1.48 bits per heavy atom. The smallest absolute Gasteiger partial charge is 0.272 e. The number of carbonyl (C=O) groups is 1. The number of nitrogens with zero attached hydrogens (tertiary/aromatic N) is 2. The summed E-state index contributed by atoms with van der Waals surface area (Å²) in [6.07, 6.45) is 4.53. The maximum atomic E-state index is 12.2. The summed E-state index contributed by atoms with van der Waals surface area (Å²) in [5.41, 5.74) is 3.10. The second-order valence-corrected chi connectivity index (χ2v) is 5.72. The minimum atomic E-state index is -0.197. The van der Waals surface area contributed by atoms with Crippen molar-refractivity contribution in [1.82, 2.24) is 25.8 Å². The zero-order valence-electron chi connectivity index (χ0n) is 13.3. The Morgan fingerprint density at radius 2 is 2.35 bits per heavy atom. The van der Waals surface area contributed by atoms with Crippen LogP contribution < -0.4 is 15.4 Å². The highest BCUT2D eigenvalue weighted by atomic mass is 16.5. The third-order valence-electron chi connectivity index (χ3n) is 4.09. The van der Waals surface area contributed by atoms with E-state index in [2.05, 4.69) is 25.8 Å². The van der Waals surface area contributed by atoms with Crippen LogP contribution in [0.5, 0.6) is 5.75 Å². The van der Waals surface area contributed by atoms with E-state index in [1.807, 2.05) is 19.9 Å². The topological polar surface area (TPSA) is 91.9 Å². The lowest BCUT2D eigenvalue weighted by molar-refractivity contribution is 0.0944. The predicted octanol–water partition coefficient (Wildman–Crippen LogP) is 1.09. The van der Waals surface area contributed by atoms with E-state index in [1.54, 1.807) is 12.4 Å². The number of rotatable bonds is 5. The van der Waals surface area contributed by atoms with E-state index in [0.29, 0.717) is 12.2 Å². The molecular weight excluding hydrogens is 294 g/mol. The normalized spacial score (nSPS) is 17.2. The Labute approximate surface area is 134 Å². The van der Waals surface area contributed by atoms with Gasteiger partial charge in [-0.15, -0.1) is 0 Å². The first-order valence-corrected chi connectivity index (χ1v) is 7.75. The van der Waals surface area contributed by atoms with Crippen molar-refractivity contribution < 1.29 is 9.53 Å². The Balaban J connectivity index is 1.65. The average Bonchev–Trinajstić information content (AvgIpc) is 3.17. The van der Waals surface area contributed by atoms with Crippen LogP contribution in [0.2, 0.25) is 0 Å². The number of hydrogen-bond acceptors (Lipinski definition) is 5. The highest BCUT2D eigenvalue weighted by molar-refractivity contribution is 5.93. The van der Waals surface area contributed by atoms with Gasteiger partial charge in [-0.2, -0.15) is 5.10 Å². The Bertz CT molecular complexity index is 692. The molecule has 1 amide bonds. The highest BCUT2D eigenvalue weighted by Gasteiger charge is 2.18. The summed E-state index contributed by atoms with van der Waals surface area (Å²) < 4.78 is 5.97. The summed E-state index contributed by atoms with van der Waals surface area (Å²) in [5, 5.41) is 13.0. The number of carbonyl (C=O) groups excluding carboxylic acids is 1. The molecule has 7 nitrogen and oxygen atoms in total. The van der Waals surface area contributed by atoms with Crippen LogP contribution in [0, 0.1) is 13.8 Å². The number of ether oxygens (including phenoxy) is 1. The maximum Gasteiger partial charge on any atom is 0.272 e. The van der Waals surface area contributed by atoms with Crippen molar-refractivity contribution in [2.24, 2.45) is 0 Å². The molecule has 1 atom stereocenters. The van der Waals surface area contributed by atoms with Gasteiger partial charge in [0, 0.05) is 36.1 Å². The van der Waals surface area contributed by atoms with Gasteiger partial charge in [0.15, 0.2) is 5.69 Å². The minimum Gasteiger partial charge on any atom is -0.487 e. The van der Waals surface area contributed by atoms with E-state index in [-0.39, 0.29) is 12.0 Å². The van der Waals surface area contributed by atoms with Crippen molar-refractivity contribution in [2.75, 3.05) is 13.1 Å². The molecule has 0 aromatic carbocycles. The van der Waals surface area contributed by atoms with Crippen LogP contribution in [0.1, 0.15) is 33.7 Å². The molecule has 7 heteroatoms. The molecule has 1 fully saturated rings. The van der Waals surface area contributed by atoms with Gasteiger partial charge in [-0.25, -0.2) is 0 Å². The molecule has 23 heavy (non-hydrogen) atoms. The van der Waals surface area contributed by atoms with Crippen LogP contribution in [-0.2, 0) is 6.54 Å². The lowest BCUT2D eigenvalue weighted by Gasteiger charge is -2.15. The second-order valence-electron chi connectivity index (χ2n) is 5.72. The Morgan fingerprint density at radius 3 is 3.04 bits per heavy atom. The number of pyridine rings is 1. The molecule has 0 radical (unpaired) electrons. The van der Waals surface area contributed by atoms with Gasteiger partial charge in [0.05, 0.1) is 6.20 Å². The first kappa shape index (κ1) is 15.5. The van der Waals surface area contributed by atoms with Gasteiger partial charge in [0.25, 0.3) is 5.91 Å². The van der Waals surface area contributed by atoms with Crippen molar-refractivity contribution in [1.29, 1.82) is 0 Å². The number of hydrogen-bond donors (Lipinski definition) is 3.